The fourth-order valence-electron chi connectivity index (χ4n) is 1.49. The van der Waals surface area contributed by atoms with Gasteiger partial charge in [0.2, 0.25) is 0 Å². The van der Waals surface area contributed by atoms with Crippen molar-refractivity contribution >= 4 is 11.8 Å². The molecule has 0 amide bonds. The number of thioether (sulfide) groups is 1. The van der Waals surface area contributed by atoms with Gasteiger partial charge in [0.1, 0.15) is 5.82 Å². The van der Waals surface area contributed by atoms with Crippen molar-refractivity contribution in [2.45, 2.75) is 17.2 Å². The Balaban J connectivity index is 2.00. The van der Waals surface area contributed by atoms with Gasteiger partial charge in [-0.1, -0.05) is 36.4 Å². The topological polar surface area (TPSA) is 26.0 Å². The van der Waals surface area contributed by atoms with E-state index in [9.17, 15) is 4.39 Å². The van der Waals surface area contributed by atoms with E-state index in [1.807, 2.05) is 30.3 Å². The lowest BCUT2D eigenvalue weighted by molar-refractivity contribution is 0.602. The maximum absolute atomic E-state index is 13.4. The molecular formula is C14H14FNS. The molecule has 2 aromatic carbocycles. The van der Waals surface area contributed by atoms with Crippen LogP contribution in [0.4, 0.5) is 4.39 Å². The Morgan fingerprint density at radius 1 is 0.941 bits per heavy atom. The maximum atomic E-state index is 13.4. The third kappa shape index (κ3) is 3.32. The van der Waals surface area contributed by atoms with Crippen molar-refractivity contribution in [3.63, 3.8) is 0 Å². The Kier molecular flexibility index (Phi) is 4.18. The number of rotatable bonds is 4. The fraction of sp³-hybridized carbons (Fsp3) is 0.143. The Bertz CT molecular complexity index is 482. The van der Waals surface area contributed by atoms with E-state index in [1.54, 1.807) is 12.1 Å². The van der Waals surface area contributed by atoms with Crippen molar-refractivity contribution in [2.75, 3.05) is 0 Å². The van der Waals surface area contributed by atoms with E-state index in [4.69, 9.17) is 5.73 Å². The normalized spacial score (nSPS) is 10.5. The zero-order valence-corrected chi connectivity index (χ0v) is 10.2. The molecule has 0 aliphatic heterocycles. The van der Waals surface area contributed by atoms with Gasteiger partial charge < -0.3 is 5.73 Å². The van der Waals surface area contributed by atoms with Crippen LogP contribution in [0.1, 0.15) is 11.1 Å². The Hall–Kier alpha value is -1.32. The van der Waals surface area contributed by atoms with Crippen LogP contribution in [-0.2, 0) is 12.3 Å². The zero-order valence-electron chi connectivity index (χ0n) is 9.40. The molecule has 0 saturated heterocycles. The predicted octanol–water partition coefficient (Wildman–Crippen LogP) is 3.58. The lowest BCUT2D eigenvalue weighted by Crippen LogP contribution is -1.95. The van der Waals surface area contributed by atoms with E-state index in [-0.39, 0.29) is 5.82 Å². The Morgan fingerprint density at radius 2 is 1.59 bits per heavy atom. The lowest BCUT2D eigenvalue weighted by atomic mass is 10.1. The molecular weight excluding hydrogens is 233 g/mol. The molecule has 0 bridgehead atoms. The van der Waals surface area contributed by atoms with Gasteiger partial charge in [-0.05, 0) is 23.3 Å². The Morgan fingerprint density at radius 3 is 2.24 bits per heavy atom. The summed E-state index contributed by atoms with van der Waals surface area (Å²) in [5.41, 5.74) is 7.82. The molecule has 0 unspecified atom stereocenters. The largest absolute Gasteiger partial charge is 0.326 e. The first-order chi connectivity index (χ1) is 8.29. The van der Waals surface area contributed by atoms with E-state index < -0.39 is 0 Å². The Labute approximate surface area is 105 Å². The van der Waals surface area contributed by atoms with Crippen LogP contribution in [0.15, 0.2) is 53.4 Å². The standard InChI is InChI=1S/C14H14FNS/c15-13-3-1-2-4-14(13)17-10-12-7-5-11(9-16)6-8-12/h1-8H,9-10,16H2. The minimum Gasteiger partial charge on any atom is -0.326 e. The molecule has 17 heavy (non-hydrogen) atoms. The van der Waals surface area contributed by atoms with Crippen LogP contribution in [-0.4, -0.2) is 0 Å². The highest BCUT2D eigenvalue weighted by molar-refractivity contribution is 7.98. The van der Waals surface area contributed by atoms with Gasteiger partial charge in [-0.3, -0.25) is 0 Å². The maximum Gasteiger partial charge on any atom is 0.136 e. The van der Waals surface area contributed by atoms with Crippen LogP contribution in [0, 0.1) is 5.82 Å². The summed E-state index contributed by atoms with van der Waals surface area (Å²) in [6, 6.07) is 14.9. The van der Waals surface area contributed by atoms with E-state index in [2.05, 4.69) is 0 Å². The van der Waals surface area contributed by atoms with Gasteiger partial charge in [-0.15, -0.1) is 11.8 Å². The molecule has 88 valence electrons. The van der Waals surface area contributed by atoms with Crippen LogP contribution in [0.3, 0.4) is 0 Å². The molecule has 2 N–H and O–H groups in total. The molecule has 0 aliphatic carbocycles. The molecule has 0 aromatic heterocycles. The van der Waals surface area contributed by atoms with Gasteiger partial charge in [0.15, 0.2) is 0 Å². The molecule has 0 saturated carbocycles. The highest BCUT2D eigenvalue weighted by Gasteiger charge is 2.01. The fourth-order valence-corrected chi connectivity index (χ4v) is 2.39. The van der Waals surface area contributed by atoms with Crippen LogP contribution in [0.5, 0.6) is 0 Å². The molecule has 1 nitrogen and oxygen atoms in total. The van der Waals surface area contributed by atoms with E-state index in [0.717, 1.165) is 11.3 Å². The summed E-state index contributed by atoms with van der Waals surface area (Å²) in [6.45, 7) is 0.556. The van der Waals surface area contributed by atoms with Crippen LogP contribution in [0.2, 0.25) is 0 Å². The molecule has 2 rings (SSSR count). The van der Waals surface area contributed by atoms with Crippen LogP contribution >= 0.6 is 11.8 Å². The first-order valence-corrected chi connectivity index (χ1v) is 6.43. The van der Waals surface area contributed by atoms with Gasteiger partial charge in [-0.25, -0.2) is 4.39 Å². The van der Waals surface area contributed by atoms with Crippen molar-refractivity contribution in [3.8, 4) is 0 Å². The number of nitrogens with two attached hydrogens (primary N) is 1. The summed E-state index contributed by atoms with van der Waals surface area (Å²) in [5.74, 6) is 0.613. The summed E-state index contributed by atoms with van der Waals surface area (Å²) in [4.78, 5) is 0.690. The third-order valence-electron chi connectivity index (χ3n) is 2.49. The summed E-state index contributed by atoms with van der Waals surface area (Å²) < 4.78 is 13.4. The number of halogens is 1. The van der Waals surface area contributed by atoms with E-state index in [0.29, 0.717) is 11.4 Å². The highest BCUT2D eigenvalue weighted by atomic mass is 32.2. The monoisotopic (exact) mass is 247 g/mol. The van der Waals surface area contributed by atoms with Crippen molar-refractivity contribution in [3.05, 3.63) is 65.5 Å². The number of benzene rings is 2. The third-order valence-corrected chi connectivity index (χ3v) is 3.61. The van der Waals surface area contributed by atoms with Crippen molar-refractivity contribution in [1.29, 1.82) is 0 Å². The van der Waals surface area contributed by atoms with Crippen molar-refractivity contribution in [2.24, 2.45) is 5.73 Å². The first-order valence-electron chi connectivity index (χ1n) is 5.45. The lowest BCUT2D eigenvalue weighted by Gasteiger charge is -2.04. The first kappa shape index (κ1) is 12.1. The second-order valence-electron chi connectivity index (χ2n) is 3.74. The summed E-state index contributed by atoms with van der Waals surface area (Å²) in [6.07, 6.45) is 0. The van der Waals surface area contributed by atoms with Crippen molar-refractivity contribution < 1.29 is 4.39 Å². The van der Waals surface area contributed by atoms with Crippen LogP contribution in [0.25, 0.3) is 0 Å². The molecule has 0 heterocycles. The van der Waals surface area contributed by atoms with E-state index in [1.165, 1.54) is 23.4 Å². The van der Waals surface area contributed by atoms with Crippen molar-refractivity contribution in [1.82, 2.24) is 0 Å². The minimum absolute atomic E-state index is 0.156. The van der Waals surface area contributed by atoms with Gasteiger partial charge in [-0.2, -0.15) is 0 Å². The van der Waals surface area contributed by atoms with Gasteiger partial charge in [0.05, 0.1) is 0 Å². The van der Waals surface area contributed by atoms with Gasteiger partial charge >= 0.3 is 0 Å². The predicted molar refractivity (Wildman–Crippen MR) is 70.3 cm³/mol. The molecule has 3 heteroatoms. The SMILES string of the molecule is NCc1ccc(CSc2ccccc2F)cc1. The quantitative estimate of drug-likeness (QED) is 0.836. The summed E-state index contributed by atoms with van der Waals surface area (Å²) in [5, 5.41) is 0. The average Bonchev–Trinajstić information content (AvgIpc) is 2.38. The second kappa shape index (κ2) is 5.84. The summed E-state index contributed by atoms with van der Waals surface area (Å²) >= 11 is 1.51. The van der Waals surface area contributed by atoms with Crippen LogP contribution < -0.4 is 5.73 Å². The summed E-state index contributed by atoms with van der Waals surface area (Å²) in [7, 11) is 0. The highest BCUT2D eigenvalue weighted by Crippen LogP contribution is 2.25. The average molecular weight is 247 g/mol. The second-order valence-corrected chi connectivity index (χ2v) is 4.76. The zero-order chi connectivity index (χ0) is 12.1. The molecule has 0 aliphatic rings. The number of hydrogen-bond donors (Lipinski definition) is 1. The smallest absolute Gasteiger partial charge is 0.136 e. The molecule has 0 spiro atoms. The van der Waals surface area contributed by atoms with E-state index >= 15 is 0 Å². The molecule has 0 atom stereocenters. The minimum atomic E-state index is -0.156. The number of hydrogen-bond acceptors (Lipinski definition) is 2. The van der Waals surface area contributed by atoms with Gasteiger partial charge in [0, 0.05) is 17.2 Å². The molecule has 0 fully saturated rings. The molecule has 0 radical (unpaired) electrons. The van der Waals surface area contributed by atoms with Gasteiger partial charge in [0.25, 0.3) is 0 Å². The molecule has 2 aromatic rings.